The second-order valence-corrected chi connectivity index (χ2v) is 5.21. The van der Waals surface area contributed by atoms with Crippen molar-refractivity contribution in [3.63, 3.8) is 0 Å². The Kier molecular flexibility index (Phi) is 5.19. The smallest absolute Gasteiger partial charge is 0.244 e. The highest BCUT2D eigenvalue weighted by Gasteiger charge is 2.01. The monoisotopic (exact) mass is 321 g/mol. The van der Waals surface area contributed by atoms with Gasteiger partial charge in [0.1, 0.15) is 5.75 Å². The van der Waals surface area contributed by atoms with Crippen LogP contribution in [0.4, 0.5) is 11.8 Å². The molecule has 0 aliphatic rings. The van der Waals surface area contributed by atoms with Gasteiger partial charge in [-0.1, -0.05) is 42.5 Å². The summed E-state index contributed by atoms with van der Waals surface area (Å²) in [4.78, 5) is 4.42. The highest BCUT2D eigenvalue weighted by molar-refractivity contribution is 5.39. The van der Waals surface area contributed by atoms with Crippen molar-refractivity contribution in [3.8, 4) is 5.75 Å². The standard InChI is InChI=1S/C18H19N5O/c1-24-16-9-7-15(8-10-16)11-19-17-13-21-23-18(22-17)20-12-14-5-3-2-4-6-14/h2-10,13H,11-12H2,1H3,(H2,19,20,22,23). The number of rotatable bonds is 7. The molecule has 0 unspecified atom stereocenters. The van der Waals surface area contributed by atoms with Gasteiger partial charge < -0.3 is 15.4 Å². The lowest BCUT2D eigenvalue weighted by atomic mass is 10.2. The van der Waals surface area contributed by atoms with E-state index in [0.29, 0.717) is 24.9 Å². The van der Waals surface area contributed by atoms with Crippen molar-refractivity contribution in [2.24, 2.45) is 0 Å². The summed E-state index contributed by atoms with van der Waals surface area (Å²) in [7, 11) is 1.66. The first kappa shape index (κ1) is 15.7. The van der Waals surface area contributed by atoms with Crippen LogP contribution in [0.15, 0.2) is 60.8 Å². The van der Waals surface area contributed by atoms with Crippen LogP contribution in [0, 0.1) is 0 Å². The molecule has 2 aromatic carbocycles. The predicted octanol–water partition coefficient (Wildman–Crippen LogP) is 3.10. The topological polar surface area (TPSA) is 72.0 Å². The minimum Gasteiger partial charge on any atom is -0.497 e. The molecule has 6 heteroatoms. The Morgan fingerprint density at radius 2 is 1.58 bits per heavy atom. The second-order valence-electron chi connectivity index (χ2n) is 5.21. The van der Waals surface area contributed by atoms with E-state index in [1.807, 2.05) is 54.6 Å². The quantitative estimate of drug-likeness (QED) is 0.697. The lowest BCUT2D eigenvalue weighted by molar-refractivity contribution is 0.414. The third-order valence-corrected chi connectivity index (χ3v) is 3.48. The van der Waals surface area contributed by atoms with Crippen LogP contribution in [-0.2, 0) is 13.1 Å². The predicted molar refractivity (Wildman–Crippen MR) is 93.9 cm³/mol. The van der Waals surface area contributed by atoms with Crippen LogP contribution in [0.5, 0.6) is 5.75 Å². The van der Waals surface area contributed by atoms with E-state index < -0.39 is 0 Å². The van der Waals surface area contributed by atoms with Crippen LogP contribution in [0.3, 0.4) is 0 Å². The fourth-order valence-corrected chi connectivity index (χ4v) is 2.18. The van der Waals surface area contributed by atoms with E-state index in [2.05, 4.69) is 25.8 Å². The Morgan fingerprint density at radius 3 is 2.33 bits per heavy atom. The maximum atomic E-state index is 5.15. The van der Waals surface area contributed by atoms with Crippen LogP contribution in [0.25, 0.3) is 0 Å². The van der Waals surface area contributed by atoms with Crippen molar-refractivity contribution in [1.82, 2.24) is 15.2 Å². The first-order valence-electron chi connectivity index (χ1n) is 7.68. The zero-order chi connectivity index (χ0) is 16.6. The average Bonchev–Trinajstić information content (AvgIpc) is 2.66. The minimum absolute atomic E-state index is 0.499. The molecular weight excluding hydrogens is 302 g/mol. The van der Waals surface area contributed by atoms with Crippen LogP contribution >= 0.6 is 0 Å². The molecule has 0 aliphatic carbocycles. The van der Waals surface area contributed by atoms with E-state index >= 15 is 0 Å². The Morgan fingerprint density at radius 1 is 0.875 bits per heavy atom. The molecule has 0 amide bonds. The van der Waals surface area contributed by atoms with Gasteiger partial charge in [0.25, 0.3) is 0 Å². The van der Waals surface area contributed by atoms with Gasteiger partial charge in [0.2, 0.25) is 5.95 Å². The van der Waals surface area contributed by atoms with Crippen molar-refractivity contribution in [2.45, 2.75) is 13.1 Å². The third-order valence-electron chi connectivity index (χ3n) is 3.48. The van der Waals surface area contributed by atoms with E-state index in [1.54, 1.807) is 13.3 Å². The van der Waals surface area contributed by atoms with Crippen LogP contribution in [0.2, 0.25) is 0 Å². The van der Waals surface area contributed by atoms with Gasteiger partial charge in [-0.15, -0.1) is 5.10 Å². The number of anilines is 2. The van der Waals surface area contributed by atoms with Crippen molar-refractivity contribution in [3.05, 3.63) is 71.9 Å². The molecule has 2 N–H and O–H groups in total. The maximum Gasteiger partial charge on any atom is 0.244 e. The average molecular weight is 321 g/mol. The van der Waals surface area contributed by atoms with Gasteiger partial charge in [-0.3, -0.25) is 0 Å². The van der Waals surface area contributed by atoms with Gasteiger partial charge >= 0.3 is 0 Å². The van der Waals surface area contributed by atoms with E-state index in [0.717, 1.165) is 16.9 Å². The van der Waals surface area contributed by atoms with Gasteiger partial charge in [-0.25, -0.2) is 0 Å². The number of aromatic nitrogens is 3. The molecule has 122 valence electrons. The number of methoxy groups -OCH3 is 1. The van der Waals surface area contributed by atoms with Gasteiger partial charge in [0, 0.05) is 13.1 Å². The molecule has 1 heterocycles. The molecule has 0 spiro atoms. The molecule has 0 radical (unpaired) electrons. The molecule has 3 aromatic rings. The molecule has 0 bridgehead atoms. The highest BCUT2D eigenvalue weighted by atomic mass is 16.5. The Balaban J connectivity index is 1.56. The van der Waals surface area contributed by atoms with Crippen molar-refractivity contribution in [1.29, 1.82) is 0 Å². The van der Waals surface area contributed by atoms with E-state index in [1.165, 1.54) is 0 Å². The minimum atomic E-state index is 0.499. The normalized spacial score (nSPS) is 10.2. The zero-order valence-electron chi connectivity index (χ0n) is 13.4. The van der Waals surface area contributed by atoms with Crippen molar-refractivity contribution >= 4 is 11.8 Å². The summed E-state index contributed by atoms with van der Waals surface area (Å²) in [6.07, 6.45) is 1.61. The van der Waals surface area contributed by atoms with Crippen molar-refractivity contribution in [2.75, 3.05) is 17.7 Å². The fraction of sp³-hybridized carbons (Fsp3) is 0.167. The Bertz CT molecular complexity index is 762. The van der Waals surface area contributed by atoms with Crippen LogP contribution in [-0.4, -0.2) is 22.3 Å². The molecule has 1 aromatic heterocycles. The van der Waals surface area contributed by atoms with Gasteiger partial charge in [-0.05, 0) is 23.3 Å². The van der Waals surface area contributed by atoms with Crippen LogP contribution < -0.4 is 15.4 Å². The molecular formula is C18H19N5O. The molecule has 0 saturated heterocycles. The zero-order valence-corrected chi connectivity index (χ0v) is 13.4. The number of hydrogen-bond acceptors (Lipinski definition) is 6. The number of benzene rings is 2. The number of nitrogens with zero attached hydrogens (tertiary/aromatic N) is 3. The lowest BCUT2D eigenvalue weighted by Gasteiger charge is -2.08. The summed E-state index contributed by atoms with van der Waals surface area (Å²) in [5.74, 6) is 2.02. The molecule has 0 fully saturated rings. The Hall–Kier alpha value is -3.15. The molecule has 3 rings (SSSR count). The molecule has 6 nitrogen and oxygen atoms in total. The van der Waals surface area contributed by atoms with Gasteiger partial charge in [-0.2, -0.15) is 10.1 Å². The number of hydrogen-bond donors (Lipinski definition) is 2. The molecule has 0 saturated carbocycles. The fourth-order valence-electron chi connectivity index (χ4n) is 2.18. The summed E-state index contributed by atoms with van der Waals surface area (Å²) in [6.45, 7) is 1.31. The Labute approximate surface area is 140 Å². The summed E-state index contributed by atoms with van der Waals surface area (Å²) in [5.41, 5.74) is 2.30. The first-order chi connectivity index (χ1) is 11.8. The van der Waals surface area contributed by atoms with E-state index in [-0.39, 0.29) is 0 Å². The summed E-state index contributed by atoms with van der Waals surface area (Å²) in [6, 6.07) is 18.0. The van der Waals surface area contributed by atoms with Crippen LogP contribution in [0.1, 0.15) is 11.1 Å². The third kappa shape index (κ3) is 4.42. The molecule has 0 aliphatic heterocycles. The summed E-state index contributed by atoms with van der Waals surface area (Å²) < 4.78 is 5.15. The number of nitrogens with one attached hydrogen (secondary N) is 2. The van der Waals surface area contributed by atoms with Gasteiger partial charge in [0.05, 0.1) is 13.3 Å². The SMILES string of the molecule is COc1ccc(CNc2cnnc(NCc3ccccc3)n2)cc1. The molecule has 0 atom stereocenters. The van der Waals surface area contributed by atoms with E-state index in [9.17, 15) is 0 Å². The summed E-state index contributed by atoms with van der Waals surface area (Å²) in [5, 5.41) is 14.4. The van der Waals surface area contributed by atoms with Gasteiger partial charge in [0.15, 0.2) is 5.82 Å². The van der Waals surface area contributed by atoms with Crippen molar-refractivity contribution < 1.29 is 4.74 Å². The largest absolute Gasteiger partial charge is 0.497 e. The summed E-state index contributed by atoms with van der Waals surface area (Å²) >= 11 is 0. The highest BCUT2D eigenvalue weighted by Crippen LogP contribution is 2.13. The lowest BCUT2D eigenvalue weighted by Crippen LogP contribution is -2.08. The van der Waals surface area contributed by atoms with E-state index in [4.69, 9.17) is 4.74 Å². The molecule has 24 heavy (non-hydrogen) atoms. The second kappa shape index (κ2) is 7.92. The number of ether oxygens (including phenoxy) is 1. The first-order valence-corrected chi connectivity index (χ1v) is 7.68. The maximum absolute atomic E-state index is 5.15.